The monoisotopic (exact) mass is 363 g/mol. The summed E-state index contributed by atoms with van der Waals surface area (Å²) in [4.78, 5) is 18.7. The molecule has 0 atom stereocenters. The summed E-state index contributed by atoms with van der Waals surface area (Å²) in [5.74, 6) is 1.39. The zero-order valence-corrected chi connectivity index (χ0v) is 15.1. The van der Waals surface area contributed by atoms with Crippen molar-refractivity contribution in [2.75, 3.05) is 20.8 Å². The number of benzene rings is 1. The van der Waals surface area contributed by atoms with E-state index in [4.69, 9.17) is 15.2 Å². The number of halogens is 1. The third kappa shape index (κ3) is 3.86. The fraction of sp³-hybridized carbons (Fsp3) is 0.333. The minimum absolute atomic E-state index is 0. The Kier molecular flexibility index (Phi) is 6.22. The molecule has 1 aliphatic heterocycles. The van der Waals surface area contributed by atoms with Crippen LogP contribution in [0.1, 0.15) is 27.2 Å². The van der Waals surface area contributed by atoms with Crippen molar-refractivity contribution >= 4 is 18.3 Å². The van der Waals surface area contributed by atoms with E-state index in [0.29, 0.717) is 36.6 Å². The van der Waals surface area contributed by atoms with Crippen LogP contribution in [0.25, 0.3) is 0 Å². The molecule has 2 N–H and O–H groups in total. The molecule has 7 heteroatoms. The van der Waals surface area contributed by atoms with Crippen LogP contribution in [0.4, 0.5) is 0 Å². The first-order valence-corrected chi connectivity index (χ1v) is 7.84. The molecule has 0 spiro atoms. The Morgan fingerprint density at radius 1 is 1.20 bits per heavy atom. The molecular formula is C18H22ClN3O3. The number of nitrogens with two attached hydrogens (primary N) is 1. The van der Waals surface area contributed by atoms with Gasteiger partial charge in [-0.3, -0.25) is 9.78 Å². The normalized spacial score (nSPS) is 12.8. The van der Waals surface area contributed by atoms with Crippen molar-refractivity contribution < 1.29 is 14.3 Å². The highest BCUT2D eigenvalue weighted by Crippen LogP contribution is 2.33. The van der Waals surface area contributed by atoms with Gasteiger partial charge in [-0.05, 0) is 41.8 Å². The van der Waals surface area contributed by atoms with Gasteiger partial charge in [-0.15, -0.1) is 12.4 Å². The van der Waals surface area contributed by atoms with Crippen molar-refractivity contribution in [3.8, 4) is 11.5 Å². The first-order chi connectivity index (χ1) is 11.7. The molecule has 0 aliphatic carbocycles. The Morgan fingerprint density at radius 3 is 2.52 bits per heavy atom. The summed E-state index contributed by atoms with van der Waals surface area (Å²) in [6.07, 6.45) is 2.41. The van der Waals surface area contributed by atoms with Gasteiger partial charge in [0, 0.05) is 31.4 Å². The second kappa shape index (κ2) is 8.18. The summed E-state index contributed by atoms with van der Waals surface area (Å²) in [5.41, 5.74) is 9.21. The lowest BCUT2D eigenvalue weighted by molar-refractivity contribution is 0.0734. The third-order valence-corrected chi connectivity index (χ3v) is 4.28. The second-order valence-corrected chi connectivity index (χ2v) is 5.69. The number of hydrogen-bond donors (Lipinski definition) is 1. The minimum atomic E-state index is -0.00691. The maximum absolute atomic E-state index is 12.8. The zero-order chi connectivity index (χ0) is 17.1. The largest absolute Gasteiger partial charge is 0.493 e. The molecule has 0 bridgehead atoms. The first-order valence-electron chi connectivity index (χ1n) is 7.84. The Bertz CT molecular complexity index is 767. The lowest BCUT2D eigenvalue weighted by Crippen LogP contribution is -2.36. The number of aromatic nitrogens is 1. The number of methoxy groups -OCH3 is 2. The van der Waals surface area contributed by atoms with Crippen molar-refractivity contribution in [3.63, 3.8) is 0 Å². The Morgan fingerprint density at radius 2 is 1.88 bits per heavy atom. The van der Waals surface area contributed by atoms with E-state index in [-0.39, 0.29) is 18.3 Å². The van der Waals surface area contributed by atoms with E-state index in [1.165, 1.54) is 5.56 Å². The quantitative estimate of drug-likeness (QED) is 0.900. The molecule has 1 aromatic carbocycles. The Balaban J connectivity index is 0.00000225. The van der Waals surface area contributed by atoms with Crippen molar-refractivity contribution in [1.29, 1.82) is 0 Å². The summed E-state index contributed by atoms with van der Waals surface area (Å²) >= 11 is 0. The van der Waals surface area contributed by atoms with E-state index in [1.54, 1.807) is 32.5 Å². The lowest BCUT2D eigenvalue weighted by atomic mass is 9.98. The van der Waals surface area contributed by atoms with Crippen LogP contribution in [0.15, 0.2) is 30.5 Å². The highest BCUT2D eigenvalue weighted by atomic mass is 35.5. The standard InChI is InChI=1S/C18H21N3O3.ClH/c1-23-16-8-12-4-6-21(11-14(12)9-17(16)24-2)18(22)13-3-5-20-15(7-13)10-19;/h3,5,7-9H,4,6,10-11,19H2,1-2H3;1H. The molecule has 0 saturated carbocycles. The average Bonchev–Trinajstić information content (AvgIpc) is 2.65. The number of carbonyl (C=O) groups excluding carboxylic acids is 1. The Hall–Kier alpha value is -2.31. The molecule has 1 amide bonds. The van der Waals surface area contributed by atoms with Gasteiger partial charge < -0.3 is 20.1 Å². The minimum Gasteiger partial charge on any atom is -0.493 e. The number of carbonyl (C=O) groups is 1. The van der Waals surface area contributed by atoms with Gasteiger partial charge in [0.25, 0.3) is 5.91 Å². The van der Waals surface area contributed by atoms with E-state index in [9.17, 15) is 4.79 Å². The first kappa shape index (κ1) is 19.0. The van der Waals surface area contributed by atoms with E-state index >= 15 is 0 Å². The van der Waals surface area contributed by atoms with Crippen LogP contribution in [0.2, 0.25) is 0 Å². The third-order valence-electron chi connectivity index (χ3n) is 4.28. The maximum Gasteiger partial charge on any atom is 0.254 e. The van der Waals surface area contributed by atoms with Crippen molar-refractivity contribution in [2.45, 2.75) is 19.5 Å². The van der Waals surface area contributed by atoms with E-state index in [0.717, 1.165) is 17.7 Å². The van der Waals surface area contributed by atoms with Gasteiger partial charge in [-0.25, -0.2) is 0 Å². The second-order valence-electron chi connectivity index (χ2n) is 5.69. The predicted molar refractivity (Wildman–Crippen MR) is 97.4 cm³/mol. The topological polar surface area (TPSA) is 77.7 Å². The highest BCUT2D eigenvalue weighted by Gasteiger charge is 2.23. The molecule has 2 aromatic rings. The summed E-state index contributed by atoms with van der Waals surface area (Å²) in [6, 6.07) is 7.43. The van der Waals surface area contributed by atoms with Crippen molar-refractivity contribution in [3.05, 3.63) is 52.8 Å². The molecule has 6 nitrogen and oxygen atoms in total. The van der Waals surface area contributed by atoms with Gasteiger partial charge in [0.15, 0.2) is 11.5 Å². The summed E-state index contributed by atoms with van der Waals surface area (Å²) in [6.45, 7) is 1.54. The van der Waals surface area contributed by atoms with Crippen LogP contribution in [-0.4, -0.2) is 36.6 Å². The molecular weight excluding hydrogens is 342 g/mol. The fourth-order valence-electron chi connectivity index (χ4n) is 2.96. The molecule has 25 heavy (non-hydrogen) atoms. The van der Waals surface area contributed by atoms with Crippen LogP contribution in [0.3, 0.4) is 0 Å². The molecule has 1 aromatic heterocycles. The number of fused-ring (bicyclic) bond motifs is 1. The van der Waals surface area contributed by atoms with E-state index < -0.39 is 0 Å². The van der Waals surface area contributed by atoms with Crippen LogP contribution in [0.5, 0.6) is 11.5 Å². The lowest BCUT2D eigenvalue weighted by Gasteiger charge is -2.29. The van der Waals surface area contributed by atoms with Crippen molar-refractivity contribution in [2.24, 2.45) is 5.73 Å². The van der Waals surface area contributed by atoms with Gasteiger partial charge in [0.05, 0.1) is 19.9 Å². The zero-order valence-electron chi connectivity index (χ0n) is 14.3. The van der Waals surface area contributed by atoms with Crippen LogP contribution in [-0.2, 0) is 19.5 Å². The molecule has 0 saturated heterocycles. The summed E-state index contributed by atoms with van der Waals surface area (Å²) < 4.78 is 10.7. The molecule has 1 aliphatic rings. The number of amides is 1. The number of nitrogens with zero attached hydrogens (tertiary/aromatic N) is 2. The smallest absolute Gasteiger partial charge is 0.254 e. The molecule has 0 unspecified atom stereocenters. The van der Waals surface area contributed by atoms with Gasteiger partial charge in [0.1, 0.15) is 0 Å². The maximum atomic E-state index is 12.8. The summed E-state index contributed by atoms with van der Waals surface area (Å²) in [7, 11) is 3.24. The van der Waals surface area contributed by atoms with Crippen LogP contribution < -0.4 is 15.2 Å². The summed E-state index contributed by atoms with van der Waals surface area (Å²) in [5, 5.41) is 0. The number of ether oxygens (including phenoxy) is 2. The van der Waals surface area contributed by atoms with E-state index in [1.807, 2.05) is 17.0 Å². The van der Waals surface area contributed by atoms with Gasteiger partial charge in [-0.2, -0.15) is 0 Å². The van der Waals surface area contributed by atoms with Gasteiger partial charge >= 0.3 is 0 Å². The molecule has 2 heterocycles. The van der Waals surface area contributed by atoms with Crippen molar-refractivity contribution in [1.82, 2.24) is 9.88 Å². The van der Waals surface area contributed by atoms with Crippen LogP contribution in [0, 0.1) is 0 Å². The van der Waals surface area contributed by atoms with Gasteiger partial charge in [0.2, 0.25) is 0 Å². The Labute approximate surface area is 153 Å². The number of rotatable bonds is 4. The van der Waals surface area contributed by atoms with E-state index in [2.05, 4.69) is 4.98 Å². The number of pyridine rings is 1. The molecule has 0 fully saturated rings. The van der Waals surface area contributed by atoms with Gasteiger partial charge in [-0.1, -0.05) is 0 Å². The molecule has 0 radical (unpaired) electrons. The SMILES string of the molecule is COc1cc2c(cc1OC)CN(C(=O)c1ccnc(CN)c1)CC2.Cl. The predicted octanol–water partition coefficient (Wildman–Crippen LogP) is 2.18. The molecule has 134 valence electrons. The van der Waals surface area contributed by atoms with Crippen LogP contribution >= 0.6 is 12.4 Å². The average molecular weight is 364 g/mol. The highest BCUT2D eigenvalue weighted by molar-refractivity contribution is 5.94. The molecule has 3 rings (SSSR count). The number of hydrogen-bond acceptors (Lipinski definition) is 5. The fourth-order valence-corrected chi connectivity index (χ4v) is 2.96.